The molecule has 1 aliphatic rings. The van der Waals surface area contributed by atoms with Gasteiger partial charge in [0.1, 0.15) is 24.4 Å². The number of aromatic nitrogens is 2. The lowest BCUT2D eigenvalue weighted by molar-refractivity contribution is -0.130. The Hall–Kier alpha value is -4.67. The summed E-state index contributed by atoms with van der Waals surface area (Å²) in [6, 6.07) is 14.0. The van der Waals surface area contributed by atoms with Gasteiger partial charge in [-0.05, 0) is 55.9 Å². The molecule has 11 nitrogen and oxygen atoms in total. The lowest BCUT2D eigenvalue weighted by atomic mass is 10.0. The number of rotatable bonds is 7. The summed E-state index contributed by atoms with van der Waals surface area (Å²) in [5.74, 6) is -1.29. The van der Waals surface area contributed by atoms with Gasteiger partial charge in [0, 0.05) is 32.1 Å². The van der Waals surface area contributed by atoms with Crippen LogP contribution >= 0.6 is 0 Å². The van der Waals surface area contributed by atoms with E-state index in [4.69, 9.17) is 4.74 Å². The van der Waals surface area contributed by atoms with Gasteiger partial charge >= 0.3 is 0 Å². The number of hydrogen-bond donors (Lipinski definition) is 4. The molecule has 45 heavy (non-hydrogen) atoms. The SMILES string of the molecule is Cc1nn(C)c(C)c1CCNC(=O)[C@@H]1CCC(=O)N[C@@H](Cc2ccccc2)C(=O)N[C@H](C(C)C)COc2ccccc2C(=O)N1. The first-order valence-corrected chi connectivity index (χ1v) is 15.5. The number of ether oxygens (including phenoxy) is 1. The van der Waals surface area contributed by atoms with Gasteiger partial charge < -0.3 is 26.0 Å². The lowest BCUT2D eigenvalue weighted by Crippen LogP contribution is -2.53. The number of benzene rings is 2. The summed E-state index contributed by atoms with van der Waals surface area (Å²) < 4.78 is 7.90. The van der Waals surface area contributed by atoms with Crippen LogP contribution in [0.25, 0.3) is 0 Å². The third-order valence-electron chi connectivity index (χ3n) is 8.23. The summed E-state index contributed by atoms with van der Waals surface area (Å²) in [6.07, 6.45) is 0.818. The first-order valence-electron chi connectivity index (χ1n) is 15.5. The van der Waals surface area contributed by atoms with Gasteiger partial charge in [0.2, 0.25) is 17.7 Å². The maximum absolute atomic E-state index is 13.6. The van der Waals surface area contributed by atoms with Crippen LogP contribution in [0.1, 0.15) is 59.6 Å². The van der Waals surface area contributed by atoms with Gasteiger partial charge in [-0.3, -0.25) is 23.9 Å². The number of carbonyl (C=O) groups excluding carboxylic acids is 4. The predicted molar refractivity (Wildman–Crippen MR) is 171 cm³/mol. The molecule has 4 rings (SSSR count). The Morgan fingerprint density at radius 2 is 1.73 bits per heavy atom. The largest absolute Gasteiger partial charge is 0.491 e. The van der Waals surface area contributed by atoms with E-state index in [0.29, 0.717) is 25.1 Å². The van der Waals surface area contributed by atoms with E-state index < -0.39 is 29.8 Å². The van der Waals surface area contributed by atoms with Crippen molar-refractivity contribution in [1.29, 1.82) is 0 Å². The van der Waals surface area contributed by atoms with Crippen LogP contribution in [0.15, 0.2) is 54.6 Å². The van der Waals surface area contributed by atoms with Crippen LogP contribution < -0.4 is 26.0 Å². The molecule has 1 aliphatic heterocycles. The minimum Gasteiger partial charge on any atom is -0.491 e. The molecule has 0 aliphatic carbocycles. The molecule has 0 radical (unpaired) electrons. The average Bonchev–Trinajstić information content (AvgIpc) is 3.26. The van der Waals surface area contributed by atoms with E-state index >= 15 is 0 Å². The van der Waals surface area contributed by atoms with E-state index in [1.54, 1.807) is 28.9 Å². The number of para-hydroxylation sites is 1. The van der Waals surface area contributed by atoms with Gasteiger partial charge in [-0.25, -0.2) is 0 Å². The topological polar surface area (TPSA) is 143 Å². The standard InChI is InChI=1S/C34H44N6O5/c1-21(2)29-20-45-30-14-10-9-13-26(30)32(42)37-27(33(43)35-18-17-25-22(3)39-40(5)23(25)4)15-16-31(41)36-28(34(44)38-29)19-24-11-7-6-8-12-24/h6-14,21,27-29H,15-20H2,1-5H3,(H,35,43)(H,36,41)(H,37,42)(H,38,44)/t27-,28-,29-/m0/s1. The molecule has 1 aromatic heterocycles. The number of nitrogens with one attached hydrogen (secondary N) is 4. The zero-order valence-corrected chi connectivity index (χ0v) is 26.7. The Bertz CT molecular complexity index is 1500. The van der Waals surface area contributed by atoms with E-state index in [0.717, 1.165) is 22.5 Å². The van der Waals surface area contributed by atoms with Crippen molar-refractivity contribution in [3.05, 3.63) is 82.7 Å². The van der Waals surface area contributed by atoms with Gasteiger partial charge in [0.05, 0.1) is 17.3 Å². The van der Waals surface area contributed by atoms with E-state index in [-0.39, 0.29) is 42.9 Å². The molecule has 3 aromatic rings. The number of nitrogens with zero attached hydrogens (tertiary/aromatic N) is 2. The molecule has 240 valence electrons. The Labute approximate surface area is 264 Å². The highest BCUT2D eigenvalue weighted by atomic mass is 16.5. The maximum Gasteiger partial charge on any atom is 0.255 e. The first-order chi connectivity index (χ1) is 21.5. The van der Waals surface area contributed by atoms with Crippen LogP contribution in [-0.4, -0.2) is 64.7 Å². The summed E-state index contributed by atoms with van der Waals surface area (Å²) in [7, 11) is 1.88. The summed E-state index contributed by atoms with van der Waals surface area (Å²) >= 11 is 0. The zero-order chi connectivity index (χ0) is 32.5. The number of aryl methyl sites for hydroxylation is 2. The third-order valence-corrected chi connectivity index (χ3v) is 8.23. The molecule has 3 atom stereocenters. The van der Waals surface area contributed by atoms with Crippen molar-refractivity contribution in [2.24, 2.45) is 13.0 Å². The van der Waals surface area contributed by atoms with Crippen molar-refractivity contribution in [3.63, 3.8) is 0 Å². The van der Waals surface area contributed by atoms with Crippen molar-refractivity contribution >= 4 is 23.6 Å². The van der Waals surface area contributed by atoms with Crippen LogP contribution in [0.5, 0.6) is 5.75 Å². The van der Waals surface area contributed by atoms with Gasteiger partial charge in [0.15, 0.2) is 0 Å². The molecule has 0 bridgehead atoms. The second-order valence-corrected chi connectivity index (χ2v) is 11.9. The van der Waals surface area contributed by atoms with Crippen LogP contribution in [-0.2, 0) is 34.3 Å². The second-order valence-electron chi connectivity index (χ2n) is 11.9. The van der Waals surface area contributed by atoms with Gasteiger partial charge in [0.25, 0.3) is 5.91 Å². The Kier molecular flexibility index (Phi) is 11.3. The van der Waals surface area contributed by atoms with Gasteiger partial charge in [-0.1, -0.05) is 56.3 Å². The highest BCUT2D eigenvalue weighted by molar-refractivity contribution is 5.99. The van der Waals surface area contributed by atoms with Crippen molar-refractivity contribution < 1.29 is 23.9 Å². The molecular formula is C34H44N6O5. The van der Waals surface area contributed by atoms with E-state index in [1.807, 2.05) is 65.1 Å². The van der Waals surface area contributed by atoms with Crippen molar-refractivity contribution in [2.45, 2.75) is 71.5 Å². The highest BCUT2D eigenvalue weighted by Gasteiger charge is 2.29. The lowest BCUT2D eigenvalue weighted by Gasteiger charge is -2.26. The van der Waals surface area contributed by atoms with Crippen molar-refractivity contribution in [3.8, 4) is 5.75 Å². The van der Waals surface area contributed by atoms with Crippen LogP contribution in [0.4, 0.5) is 0 Å². The predicted octanol–water partition coefficient (Wildman–Crippen LogP) is 2.54. The molecule has 0 saturated carbocycles. The fourth-order valence-corrected chi connectivity index (χ4v) is 5.36. The Morgan fingerprint density at radius 1 is 1.02 bits per heavy atom. The summed E-state index contributed by atoms with van der Waals surface area (Å²) in [5, 5.41) is 16.1. The number of carbonyl (C=O) groups is 4. The van der Waals surface area contributed by atoms with Crippen molar-refractivity contribution in [1.82, 2.24) is 31.0 Å². The fourth-order valence-electron chi connectivity index (χ4n) is 5.36. The molecule has 4 amide bonds. The quantitative estimate of drug-likeness (QED) is 0.321. The molecule has 0 spiro atoms. The smallest absolute Gasteiger partial charge is 0.255 e. The normalized spacial score (nSPS) is 19.7. The summed E-state index contributed by atoms with van der Waals surface area (Å²) in [4.78, 5) is 53.7. The number of fused-ring (bicyclic) bond motifs is 1. The van der Waals surface area contributed by atoms with Crippen LogP contribution in [0.2, 0.25) is 0 Å². The number of hydrogen-bond acceptors (Lipinski definition) is 6. The summed E-state index contributed by atoms with van der Waals surface area (Å²) in [6.45, 7) is 8.27. The highest BCUT2D eigenvalue weighted by Crippen LogP contribution is 2.20. The van der Waals surface area contributed by atoms with Gasteiger partial charge in [-0.15, -0.1) is 0 Å². The number of amides is 4. The van der Waals surface area contributed by atoms with Gasteiger partial charge in [-0.2, -0.15) is 5.10 Å². The average molecular weight is 617 g/mol. The molecule has 0 unspecified atom stereocenters. The van der Waals surface area contributed by atoms with E-state index in [9.17, 15) is 19.2 Å². The molecule has 2 aromatic carbocycles. The maximum atomic E-state index is 13.6. The molecule has 0 fully saturated rings. The zero-order valence-electron chi connectivity index (χ0n) is 26.7. The summed E-state index contributed by atoms with van der Waals surface area (Å²) in [5.41, 5.74) is 4.12. The monoisotopic (exact) mass is 616 g/mol. The van der Waals surface area contributed by atoms with E-state index in [1.165, 1.54) is 0 Å². The minimum absolute atomic E-state index is 0.00557. The third kappa shape index (κ3) is 8.93. The fraction of sp³-hybridized carbons (Fsp3) is 0.441. The van der Waals surface area contributed by atoms with Crippen molar-refractivity contribution in [2.75, 3.05) is 13.2 Å². The van der Waals surface area contributed by atoms with Crippen LogP contribution in [0, 0.1) is 19.8 Å². The van der Waals surface area contributed by atoms with Crippen LogP contribution in [0.3, 0.4) is 0 Å². The van der Waals surface area contributed by atoms with E-state index in [2.05, 4.69) is 26.4 Å². The molecule has 11 heteroatoms. The molecule has 2 heterocycles. The molecule has 4 N–H and O–H groups in total. The minimum atomic E-state index is -0.998. The molecule has 0 saturated heterocycles. The Morgan fingerprint density at radius 3 is 2.42 bits per heavy atom. The second kappa shape index (κ2) is 15.4. The Balaban J connectivity index is 1.57. The first kappa shape index (κ1) is 33.2. The molecular weight excluding hydrogens is 572 g/mol.